The van der Waals surface area contributed by atoms with E-state index in [1.54, 1.807) is 0 Å². The van der Waals surface area contributed by atoms with Gasteiger partial charge in [0, 0.05) is 28.2 Å². The van der Waals surface area contributed by atoms with Crippen LogP contribution in [0.3, 0.4) is 0 Å². The Balaban J connectivity index is 1.96. The lowest BCUT2D eigenvalue weighted by molar-refractivity contribution is 1.11. The van der Waals surface area contributed by atoms with Crippen molar-refractivity contribution in [2.45, 2.75) is 6.42 Å². The molecule has 0 fully saturated rings. The quantitative estimate of drug-likeness (QED) is 0.760. The van der Waals surface area contributed by atoms with Crippen molar-refractivity contribution < 1.29 is 0 Å². The molecule has 0 aliphatic carbocycles. The molecule has 84 valence electrons. The van der Waals surface area contributed by atoms with Crippen LogP contribution in [-0.4, -0.2) is 9.97 Å². The molecule has 1 N–H and O–H groups in total. The lowest BCUT2D eigenvalue weighted by Gasteiger charge is -1.97. The predicted molar refractivity (Wildman–Crippen MR) is 73.0 cm³/mol. The highest BCUT2D eigenvalue weighted by Crippen LogP contribution is 2.19. The minimum absolute atomic E-state index is 0.912. The summed E-state index contributed by atoms with van der Waals surface area (Å²) in [6.45, 7) is 0. The monoisotopic (exact) mass is 286 g/mol. The number of pyridine rings is 1. The lowest BCUT2D eigenvalue weighted by Crippen LogP contribution is -1.86. The second kappa shape index (κ2) is 4.34. The van der Waals surface area contributed by atoms with Gasteiger partial charge in [0.1, 0.15) is 5.65 Å². The molecule has 2 nitrogen and oxygen atoms in total. The van der Waals surface area contributed by atoms with E-state index in [1.807, 2.05) is 12.3 Å². The summed E-state index contributed by atoms with van der Waals surface area (Å²) in [6.07, 6.45) is 2.72. The van der Waals surface area contributed by atoms with Gasteiger partial charge in [-0.3, -0.25) is 0 Å². The first-order chi connectivity index (χ1) is 8.31. The molecule has 0 aliphatic rings. The SMILES string of the molecule is Brc1cnc2[nH]c(Cc3ccccc3)cc2c1. The van der Waals surface area contributed by atoms with Gasteiger partial charge in [0.15, 0.2) is 0 Å². The molecule has 0 spiro atoms. The van der Waals surface area contributed by atoms with E-state index in [0.29, 0.717) is 0 Å². The normalized spacial score (nSPS) is 10.9. The van der Waals surface area contributed by atoms with Crippen LogP contribution < -0.4 is 0 Å². The molecule has 2 heterocycles. The Labute approximate surface area is 108 Å². The first kappa shape index (κ1) is 10.5. The van der Waals surface area contributed by atoms with Crippen molar-refractivity contribution in [1.82, 2.24) is 9.97 Å². The molecule has 0 unspecified atom stereocenters. The fraction of sp³-hybridized carbons (Fsp3) is 0.0714. The topological polar surface area (TPSA) is 28.7 Å². The molecule has 0 saturated carbocycles. The van der Waals surface area contributed by atoms with Crippen LogP contribution in [0, 0.1) is 0 Å². The molecule has 0 radical (unpaired) electrons. The van der Waals surface area contributed by atoms with Crippen molar-refractivity contribution in [1.29, 1.82) is 0 Å². The number of aromatic amines is 1. The highest BCUT2D eigenvalue weighted by Gasteiger charge is 2.03. The van der Waals surface area contributed by atoms with E-state index in [-0.39, 0.29) is 0 Å². The van der Waals surface area contributed by atoms with Gasteiger partial charge in [-0.05, 0) is 33.6 Å². The third-order valence-electron chi connectivity index (χ3n) is 2.73. The number of benzene rings is 1. The maximum atomic E-state index is 4.34. The Morgan fingerprint density at radius 2 is 1.94 bits per heavy atom. The smallest absolute Gasteiger partial charge is 0.137 e. The number of rotatable bonds is 2. The minimum Gasteiger partial charge on any atom is -0.343 e. The first-order valence-corrected chi connectivity index (χ1v) is 6.27. The first-order valence-electron chi connectivity index (χ1n) is 5.48. The van der Waals surface area contributed by atoms with E-state index in [2.05, 4.69) is 62.3 Å². The van der Waals surface area contributed by atoms with E-state index < -0.39 is 0 Å². The van der Waals surface area contributed by atoms with Gasteiger partial charge in [-0.25, -0.2) is 4.98 Å². The Morgan fingerprint density at radius 1 is 1.12 bits per heavy atom. The summed E-state index contributed by atoms with van der Waals surface area (Å²) in [7, 11) is 0. The third kappa shape index (κ3) is 2.24. The molecule has 1 aromatic carbocycles. The molecule has 0 atom stereocenters. The Kier molecular flexibility index (Phi) is 2.69. The van der Waals surface area contributed by atoms with Crippen molar-refractivity contribution in [3.8, 4) is 0 Å². The minimum atomic E-state index is 0.912. The van der Waals surface area contributed by atoms with E-state index in [9.17, 15) is 0 Å². The van der Waals surface area contributed by atoms with Crippen molar-refractivity contribution in [3.05, 3.63) is 64.4 Å². The zero-order chi connectivity index (χ0) is 11.7. The lowest BCUT2D eigenvalue weighted by atomic mass is 10.1. The van der Waals surface area contributed by atoms with Gasteiger partial charge in [0.05, 0.1) is 0 Å². The molecular formula is C14H11BrN2. The molecule has 0 amide bonds. The highest BCUT2D eigenvalue weighted by molar-refractivity contribution is 9.10. The predicted octanol–water partition coefficient (Wildman–Crippen LogP) is 3.92. The summed E-state index contributed by atoms with van der Waals surface area (Å²) >= 11 is 3.43. The van der Waals surface area contributed by atoms with Crippen LogP contribution >= 0.6 is 15.9 Å². The van der Waals surface area contributed by atoms with Crippen LogP contribution in [0.2, 0.25) is 0 Å². The Bertz CT molecular complexity index is 644. The largest absolute Gasteiger partial charge is 0.343 e. The van der Waals surface area contributed by atoms with Gasteiger partial charge in [-0.1, -0.05) is 30.3 Å². The van der Waals surface area contributed by atoms with E-state index in [0.717, 1.165) is 21.9 Å². The summed E-state index contributed by atoms with van der Waals surface area (Å²) in [6, 6.07) is 14.7. The van der Waals surface area contributed by atoms with E-state index in [1.165, 1.54) is 11.3 Å². The standard InChI is InChI=1S/C14H11BrN2/c15-12-7-11-8-13(17-14(11)16-9-12)6-10-4-2-1-3-5-10/h1-5,7-9H,6H2,(H,16,17). The average Bonchev–Trinajstić information content (AvgIpc) is 2.71. The molecule has 17 heavy (non-hydrogen) atoms. The average molecular weight is 287 g/mol. The molecule has 0 saturated heterocycles. The number of halogens is 1. The Hall–Kier alpha value is -1.61. The molecular weight excluding hydrogens is 276 g/mol. The third-order valence-corrected chi connectivity index (χ3v) is 3.16. The van der Waals surface area contributed by atoms with E-state index in [4.69, 9.17) is 0 Å². The number of hydrogen-bond acceptors (Lipinski definition) is 1. The Morgan fingerprint density at radius 3 is 2.76 bits per heavy atom. The van der Waals surface area contributed by atoms with Crippen LogP contribution in [0.1, 0.15) is 11.3 Å². The summed E-state index contributed by atoms with van der Waals surface area (Å²) in [5.74, 6) is 0. The fourth-order valence-corrected chi connectivity index (χ4v) is 2.31. The van der Waals surface area contributed by atoms with Crippen LogP contribution in [0.5, 0.6) is 0 Å². The van der Waals surface area contributed by atoms with Crippen molar-refractivity contribution >= 4 is 27.0 Å². The van der Waals surface area contributed by atoms with Gasteiger partial charge >= 0.3 is 0 Å². The highest BCUT2D eigenvalue weighted by atomic mass is 79.9. The second-order valence-electron chi connectivity index (χ2n) is 4.05. The molecule has 0 aliphatic heterocycles. The molecule has 3 aromatic rings. The van der Waals surface area contributed by atoms with Gasteiger partial charge in [0.2, 0.25) is 0 Å². The van der Waals surface area contributed by atoms with Crippen molar-refractivity contribution in [2.24, 2.45) is 0 Å². The van der Waals surface area contributed by atoms with E-state index >= 15 is 0 Å². The maximum absolute atomic E-state index is 4.34. The summed E-state index contributed by atoms with van der Waals surface area (Å²) in [5, 5.41) is 1.14. The van der Waals surface area contributed by atoms with Gasteiger partial charge < -0.3 is 4.98 Å². The molecule has 3 heteroatoms. The summed E-state index contributed by atoms with van der Waals surface area (Å²) in [4.78, 5) is 7.68. The number of H-pyrrole nitrogens is 1. The van der Waals surface area contributed by atoms with Crippen LogP contribution in [0.25, 0.3) is 11.0 Å². The maximum Gasteiger partial charge on any atom is 0.137 e. The zero-order valence-corrected chi connectivity index (χ0v) is 10.7. The van der Waals surface area contributed by atoms with Gasteiger partial charge in [-0.2, -0.15) is 0 Å². The number of nitrogens with zero attached hydrogens (tertiary/aromatic N) is 1. The number of nitrogens with one attached hydrogen (secondary N) is 1. The van der Waals surface area contributed by atoms with Crippen LogP contribution in [0.4, 0.5) is 0 Å². The van der Waals surface area contributed by atoms with Gasteiger partial charge in [-0.15, -0.1) is 0 Å². The van der Waals surface area contributed by atoms with Crippen LogP contribution in [0.15, 0.2) is 53.1 Å². The summed E-state index contributed by atoms with van der Waals surface area (Å²) < 4.78 is 1.01. The molecule has 2 aromatic heterocycles. The van der Waals surface area contributed by atoms with Crippen molar-refractivity contribution in [3.63, 3.8) is 0 Å². The van der Waals surface area contributed by atoms with Gasteiger partial charge in [0.25, 0.3) is 0 Å². The zero-order valence-electron chi connectivity index (χ0n) is 9.15. The van der Waals surface area contributed by atoms with Crippen LogP contribution in [-0.2, 0) is 6.42 Å². The molecule has 0 bridgehead atoms. The number of aromatic nitrogens is 2. The van der Waals surface area contributed by atoms with Crippen molar-refractivity contribution in [2.75, 3.05) is 0 Å². The number of fused-ring (bicyclic) bond motifs is 1. The number of hydrogen-bond donors (Lipinski definition) is 1. The molecule has 3 rings (SSSR count). The fourth-order valence-electron chi connectivity index (χ4n) is 1.96. The summed E-state index contributed by atoms with van der Waals surface area (Å²) in [5.41, 5.74) is 3.44. The second-order valence-corrected chi connectivity index (χ2v) is 4.96.